The number of hydrogen-bond donors (Lipinski definition) is 2. The molecular weight excluding hydrogens is 354 g/mol. The van der Waals surface area contributed by atoms with Gasteiger partial charge in [-0.25, -0.2) is 0 Å². The minimum absolute atomic E-state index is 0.0146. The van der Waals surface area contributed by atoms with Crippen LogP contribution in [0.25, 0.3) is 0 Å². The third-order valence-electron chi connectivity index (χ3n) is 4.32. The summed E-state index contributed by atoms with van der Waals surface area (Å²) in [7, 11) is 0. The number of carbonyl (C=O) groups excluding carboxylic acids is 2. The average molecular weight is 377 g/mol. The van der Waals surface area contributed by atoms with E-state index in [2.05, 4.69) is 21.6 Å². The summed E-state index contributed by atoms with van der Waals surface area (Å²) in [6, 6.07) is 7.33. The van der Waals surface area contributed by atoms with Gasteiger partial charge in [0, 0.05) is 24.0 Å². The molecule has 1 saturated heterocycles. The van der Waals surface area contributed by atoms with Crippen molar-refractivity contribution in [1.82, 2.24) is 15.5 Å². The first-order valence-corrected chi connectivity index (χ1v) is 9.49. The zero-order valence-corrected chi connectivity index (χ0v) is 15.5. The molecule has 0 bridgehead atoms. The van der Waals surface area contributed by atoms with Gasteiger partial charge >= 0.3 is 11.8 Å². The Balaban J connectivity index is 1.60. The van der Waals surface area contributed by atoms with Gasteiger partial charge < -0.3 is 19.8 Å². The van der Waals surface area contributed by atoms with Crippen LogP contribution in [0.5, 0.6) is 0 Å². The first-order valence-electron chi connectivity index (χ1n) is 8.61. The van der Waals surface area contributed by atoms with Gasteiger partial charge in [0.2, 0.25) is 0 Å². The molecule has 0 radical (unpaired) electrons. The van der Waals surface area contributed by atoms with Crippen molar-refractivity contribution in [2.45, 2.75) is 25.6 Å². The number of nitrogens with zero attached hydrogens (tertiary/aromatic N) is 1. The first kappa shape index (κ1) is 18.6. The molecule has 1 aliphatic rings. The highest BCUT2D eigenvalue weighted by atomic mass is 32.1. The van der Waals surface area contributed by atoms with Crippen molar-refractivity contribution >= 4 is 23.2 Å². The lowest BCUT2D eigenvalue weighted by atomic mass is 10.1. The lowest BCUT2D eigenvalue weighted by molar-refractivity contribution is -0.140. The highest BCUT2D eigenvalue weighted by Crippen LogP contribution is 2.29. The molecule has 1 aliphatic heterocycles. The van der Waals surface area contributed by atoms with E-state index in [0.29, 0.717) is 19.0 Å². The number of nitrogens with one attached hydrogen (secondary N) is 2. The van der Waals surface area contributed by atoms with Crippen molar-refractivity contribution in [3.05, 3.63) is 46.5 Å². The predicted octanol–water partition coefficient (Wildman–Crippen LogP) is 1.54. The molecule has 2 unspecified atom stereocenters. The standard InChI is InChI=1S/C18H23N3O4S/c1-13(20-18(23)17(22)19-12-14-4-2-8-25-14)16(15-5-3-11-26-15)21-6-9-24-10-7-21/h2-5,8,11,13,16H,6-7,9-10,12H2,1H3,(H,19,22)(H,20,23). The normalized spacial score (nSPS) is 17.4. The maximum Gasteiger partial charge on any atom is 0.309 e. The Kier molecular flexibility index (Phi) is 6.43. The van der Waals surface area contributed by atoms with Crippen molar-refractivity contribution in [3.63, 3.8) is 0 Å². The molecule has 3 heterocycles. The fraction of sp³-hybridized carbons (Fsp3) is 0.444. The van der Waals surface area contributed by atoms with Crippen LogP contribution in [0.2, 0.25) is 0 Å². The molecule has 2 aromatic rings. The number of furan rings is 1. The van der Waals surface area contributed by atoms with Gasteiger partial charge in [-0.3, -0.25) is 14.5 Å². The second kappa shape index (κ2) is 8.98. The summed E-state index contributed by atoms with van der Waals surface area (Å²) < 4.78 is 10.6. The fourth-order valence-corrected chi connectivity index (χ4v) is 4.03. The van der Waals surface area contributed by atoms with E-state index in [0.717, 1.165) is 18.0 Å². The number of carbonyl (C=O) groups is 2. The summed E-state index contributed by atoms with van der Waals surface area (Å²) in [6.07, 6.45) is 1.53. The van der Waals surface area contributed by atoms with E-state index in [1.165, 1.54) is 6.26 Å². The number of morpholine rings is 1. The van der Waals surface area contributed by atoms with Gasteiger partial charge in [0.25, 0.3) is 0 Å². The van der Waals surface area contributed by atoms with Gasteiger partial charge in [-0.2, -0.15) is 0 Å². The number of thiophene rings is 1. The molecule has 8 heteroatoms. The van der Waals surface area contributed by atoms with Crippen LogP contribution in [0.15, 0.2) is 40.3 Å². The van der Waals surface area contributed by atoms with Crippen LogP contribution < -0.4 is 10.6 Å². The molecule has 0 aliphatic carbocycles. The zero-order chi connectivity index (χ0) is 18.4. The third kappa shape index (κ3) is 4.72. The van der Waals surface area contributed by atoms with Gasteiger partial charge in [-0.15, -0.1) is 11.3 Å². The summed E-state index contributed by atoms with van der Waals surface area (Å²) in [5, 5.41) is 7.43. The Bertz CT molecular complexity index is 696. The van der Waals surface area contributed by atoms with E-state index in [9.17, 15) is 9.59 Å². The van der Waals surface area contributed by atoms with Crippen LogP contribution in [0.4, 0.5) is 0 Å². The lowest BCUT2D eigenvalue weighted by Crippen LogP contribution is -2.51. The van der Waals surface area contributed by atoms with Crippen LogP contribution in [-0.2, 0) is 20.9 Å². The topological polar surface area (TPSA) is 83.8 Å². The molecule has 1 fully saturated rings. The largest absolute Gasteiger partial charge is 0.467 e. The van der Waals surface area contributed by atoms with Crippen LogP contribution in [0, 0.1) is 0 Å². The Morgan fingerprint density at radius 3 is 2.69 bits per heavy atom. The first-order chi connectivity index (χ1) is 12.6. The Morgan fingerprint density at radius 1 is 1.23 bits per heavy atom. The highest BCUT2D eigenvalue weighted by Gasteiger charge is 2.30. The van der Waals surface area contributed by atoms with Crippen molar-refractivity contribution in [3.8, 4) is 0 Å². The number of ether oxygens (including phenoxy) is 1. The van der Waals surface area contributed by atoms with Crippen LogP contribution in [-0.4, -0.2) is 49.1 Å². The maximum absolute atomic E-state index is 12.3. The molecule has 140 valence electrons. The molecule has 2 aromatic heterocycles. The molecule has 2 N–H and O–H groups in total. The summed E-state index contributed by atoms with van der Waals surface area (Å²) in [6.45, 7) is 5.06. The minimum atomic E-state index is -0.667. The predicted molar refractivity (Wildman–Crippen MR) is 97.6 cm³/mol. The van der Waals surface area contributed by atoms with Gasteiger partial charge in [0.1, 0.15) is 5.76 Å². The lowest BCUT2D eigenvalue weighted by Gasteiger charge is -2.37. The molecule has 0 saturated carbocycles. The van der Waals surface area contributed by atoms with E-state index >= 15 is 0 Å². The van der Waals surface area contributed by atoms with Crippen molar-refractivity contribution in [2.75, 3.05) is 26.3 Å². The average Bonchev–Trinajstić information content (AvgIpc) is 3.35. The molecule has 7 nitrogen and oxygen atoms in total. The second-order valence-electron chi connectivity index (χ2n) is 6.13. The Morgan fingerprint density at radius 2 is 2.04 bits per heavy atom. The molecule has 26 heavy (non-hydrogen) atoms. The van der Waals surface area contributed by atoms with Gasteiger partial charge in [-0.05, 0) is 30.5 Å². The van der Waals surface area contributed by atoms with Crippen molar-refractivity contribution < 1.29 is 18.7 Å². The van der Waals surface area contributed by atoms with Crippen LogP contribution in [0.3, 0.4) is 0 Å². The Hall–Kier alpha value is -2.16. The van der Waals surface area contributed by atoms with Crippen molar-refractivity contribution in [1.29, 1.82) is 0 Å². The maximum atomic E-state index is 12.3. The highest BCUT2D eigenvalue weighted by molar-refractivity contribution is 7.10. The fourth-order valence-electron chi connectivity index (χ4n) is 3.07. The summed E-state index contributed by atoms with van der Waals surface area (Å²) in [5.41, 5.74) is 0. The Labute approximate surface area is 156 Å². The van der Waals surface area contributed by atoms with Crippen LogP contribution in [0.1, 0.15) is 23.6 Å². The van der Waals surface area contributed by atoms with Crippen molar-refractivity contribution in [2.24, 2.45) is 0 Å². The molecule has 3 rings (SSSR count). The third-order valence-corrected chi connectivity index (χ3v) is 5.26. The monoisotopic (exact) mass is 377 g/mol. The van der Waals surface area contributed by atoms with E-state index in [4.69, 9.17) is 9.15 Å². The summed E-state index contributed by atoms with van der Waals surface area (Å²) in [5.74, 6) is -0.706. The van der Waals surface area contributed by atoms with E-state index in [-0.39, 0.29) is 18.6 Å². The molecule has 2 amide bonds. The van der Waals surface area contributed by atoms with E-state index in [1.807, 2.05) is 18.4 Å². The molecule has 0 spiro atoms. The smallest absolute Gasteiger partial charge is 0.309 e. The molecular formula is C18H23N3O4S. The minimum Gasteiger partial charge on any atom is -0.467 e. The summed E-state index contributed by atoms with van der Waals surface area (Å²) >= 11 is 1.65. The number of amides is 2. The van der Waals surface area contributed by atoms with E-state index in [1.54, 1.807) is 23.5 Å². The number of hydrogen-bond acceptors (Lipinski definition) is 6. The molecule has 0 aromatic carbocycles. The summed E-state index contributed by atoms with van der Waals surface area (Å²) in [4.78, 5) is 27.8. The van der Waals surface area contributed by atoms with Gasteiger partial charge in [0.05, 0.1) is 32.1 Å². The zero-order valence-electron chi connectivity index (χ0n) is 14.6. The van der Waals surface area contributed by atoms with Crippen LogP contribution >= 0.6 is 11.3 Å². The van der Waals surface area contributed by atoms with Gasteiger partial charge in [-0.1, -0.05) is 6.07 Å². The second-order valence-corrected chi connectivity index (χ2v) is 7.11. The SMILES string of the molecule is CC(NC(=O)C(=O)NCc1ccco1)C(c1cccs1)N1CCOCC1. The quantitative estimate of drug-likeness (QED) is 0.746. The van der Waals surface area contributed by atoms with Gasteiger partial charge in [0.15, 0.2) is 0 Å². The van der Waals surface area contributed by atoms with E-state index < -0.39 is 11.8 Å². The number of rotatable bonds is 6. The molecule has 2 atom stereocenters.